The van der Waals surface area contributed by atoms with E-state index in [2.05, 4.69) is 15.1 Å². The van der Waals surface area contributed by atoms with Crippen LogP contribution in [0.4, 0.5) is 4.79 Å². The van der Waals surface area contributed by atoms with E-state index < -0.39 is 16.5 Å². The van der Waals surface area contributed by atoms with E-state index in [4.69, 9.17) is 34.8 Å². The number of hydrogen-bond acceptors (Lipinski definition) is 3. The monoisotopic (exact) mass is 297 g/mol. The summed E-state index contributed by atoms with van der Waals surface area (Å²) in [5.41, 5.74) is -0.180. The molecule has 0 radical (unpaired) electrons. The Morgan fingerprint density at radius 1 is 1.24 bits per heavy atom. The number of carbonyl (C=O) groups is 1. The van der Waals surface area contributed by atoms with Crippen molar-refractivity contribution >= 4 is 40.9 Å². The van der Waals surface area contributed by atoms with Crippen molar-refractivity contribution < 1.29 is 14.6 Å². The summed E-state index contributed by atoms with van der Waals surface area (Å²) in [6.07, 6.45) is -0.770. The maximum Gasteiger partial charge on any atom is 0.439 e. The molecule has 0 aliphatic heterocycles. The summed E-state index contributed by atoms with van der Waals surface area (Å²) < 4.78 is 0. The van der Waals surface area contributed by atoms with Crippen molar-refractivity contribution in [2.45, 2.75) is 16.9 Å². The fourth-order valence-corrected chi connectivity index (χ4v) is 1.05. The largest absolute Gasteiger partial charge is 0.439 e. The zero-order valence-electron chi connectivity index (χ0n) is 8.61. The molecule has 0 bridgehead atoms. The Bertz CT molecular complexity index is 348. The number of halogens is 3. The third-order valence-corrected chi connectivity index (χ3v) is 2.73. The Balaban J connectivity index is 2.22. The molecule has 0 aliphatic carbocycles. The van der Waals surface area contributed by atoms with Crippen molar-refractivity contribution in [2.24, 2.45) is 0 Å². The van der Waals surface area contributed by atoms with Gasteiger partial charge in [0, 0.05) is 6.54 Å². The average molecular weight is 299 g/mol. The van der Waals surface area contributed by atoms with E-state index in [1.165, 1.54) is 0 Å². The molecule has 1 N–H and O–H groups in total. The first-order valence-corrected chi connectivity index (χ1v) is 5.98. The third-order valence-electron chi connectivity index (χ3n) is 1.69. The first-order valence-electron chi connectivity index (χ1n) is 4.67. The van der Waals surface area contributed by atoms with E-state index in [1.54, 1.807) is 0 Å². The smallest absolute Gasteiger partial charge is 0.315 e. The van der Waals surface area contributed by atoms with Crippen LogP contribution in [0.1, 0.15) is 5.56 Å². The predicted octanol–water partition coefficient (Wildman–Crippen LogP) is 3.21. The van der Waals surface area contributed by atoms with E-state index in [9.17, 15) is 4.79 Å². The lowest BCUT2D eigenvalue weighted by Crippen LogP contribution is -2.26. The van der Waals surface area contributed by atoms with Crippen LogP contribution < -0.4 is 5.32 Å². The zero-order chi connectivity index (χ0) is 12.7. The maximum atomic E-state index is 11.1. The molecule has 0 aromatic heterocycles. The van der Waals surface area contributed by atoms with Crippen LogP contribution in [0.25, 0.3) is 0 Å². The van der Waals surface area contributed by atoms with Gasteiger partial charge < -0.3 is 5.32 Å². The van der Waals surface area contributed by atoms with Crippen LogP contribution in [0, 0.1) is 0 Å². The predicted molar refractivity (Wildman–Crippen MR) is 66.0 cm³/mol. The van der Waals surface area contributed by atoms with Gasteiger partial charge >= 0.3 is 6.09 Å². The highest BCUT2D eigenvalue weighted by atomic mass is 35.5. The molecule has 1 amide bonds. The van der Waals surface area contributed by atoms with Crippen LogP contribution in [-0.2, 0) is 16.3 Å². The molecule has 0 fully saturated rings. The van der Waals surface area contributed by atoms with Gasteiger partial charge in [0.05, 0.1) is 0 Å². The van der Waals surface area contributed by atoms with Crippen LogP contribution in [-0.4, -0.2) is 16.5 Å². The molecular weight excluding hydrogens is 288 g/mol. The Morgan fingerprint density at radius 3 is 2.47 bits per heavy atom. The zero-order valence-corrected chi connectivity index (χ0v) is 10.9. The Kier molecular flexibility index (Phi) is 6.44. The van der Waals surface area contributed by atoms with E-state index >= 15 is 0 Å². The quantitative estimate of drug-likeness (QED) is 0.516. The molecule has 1 rings (SSSR count). The number of benzene rings is 1. The van der Waals surface area contributed by atoms with Gasteiger partial charge in [-0.25, -0.2) is 4.79 Å². The van der Waals surface area contributed by atoms with Gasteiger partial charge in [-0.15, -0.1) is 23.2 Å². The molecule has 1 unspecified atom stereocenters. The number of hydrogen-bond donors (Lipinski definition) is 1. The fraction of sp³-hybridized carbons (Fsp3) is 0.300. The molecule has 1 aromatic carbocycles. The second-order valence-corrected chi connectivity index (χ2v) is 4.59. The number of carbonyl (C=O) groups excluding carboxylic acids is 1. The SMILES string of the molecule is O=C(NCc1ccccc1)OOC(Cl)C(Cl)Cl. The summed E-state index contributed by atoms with van der Waals surface area (Å²) in [5, 5.41) is 2.46. The van der Waals surface area contributed by atoms with Gasteiger partial charge in [-0.1, -0.05) is 41.9 Å². The summed E-state index contributed by atoms with van der Waals surface area (Å²) in [5.74, 6) is 0. The van der Waals surface area contributed by atoms with E-state index in [1.807, 2.05) is 30.3 Å². The first kappa shape index (κ1) is 14.4. The lowest BCUT2D eigenvalue weighted by Gasteiger charge is -2.10. The van der Waals surface area contributed by atoms with Crippen molar-refractivity contribution in [1.29, 1.82) is 0 Å². The molecule has 0 aliphatic rings. The second-order valence-electron chi connectivity index (χ2n) is 2.99. The van der Waals surface area contributed by atoms with Crippen LogP contribution in [0.2, 0.25) is 0 Å². The highest BCUT2D eigenvalue weighted by Crippen LogP contribution is 2.15. The van der Waals surface area contributed by atoms with Crippen LogP contribution in [0.3, 0.4) is 0 Å². The second kappa shape index (κ2) is 7.61. The number of rotatable bonds is 5. The van der Waals surface area contributed by atoms with Gasteiger partial charge in [0.1, 0.15) is 0 Å². The molecule has 0 saturated carbocycles. The van der Waals surface area contributed by atoms with Gasteiger partial charge in [0.2, 0.25) is 5.56 Å². The van der Waals surface area contributed by atoms with Crippen LogP contribution in [0.15, 0.2) is 30.3 Å². The summed E-state index contributed by atoms with van der Waals surface area (Å²) in [7, 11) is 0. The van der Waals surface area contributed by atoms with Gasteiger partial charge in [-0.05, 0) is 5.56 Å². The first-order chi connectivity index (χ1) is 8.09. The van der Waals surface area contributed by atoms with Crippen molar-refractivity contribution in [3.63, 3.8) is 0 Å². The molecule has 17 heavy (non-hydrogen) atoms. The Hall–Kier alpha value is -0.680. The number of alkyl halides is 3. The molecule has 1 atom stereocenters. The summed E-state index contributed by atoms with van der Waals surface area (Å²) in [6, 6.07) is 9.32. The molecular formula is C10H10Cl3NO3. The topological polar surface area (TPSA) is 47.6 Å². The molecule has 7 heteroatoms. The Labute approximate surface area is 114 Å². The molecule has 0 saturated heterocycles. The Morgan fingerprint density at radius 2 is 1.88 bits per heavy atom. The van der Waals surface area contributed by atoms with Crippen molar-refractivity contribution in [3.05, 3.63) is 35.9 Å². The summed E-state index contributed by atoms with van der Waals surface area (Å²) >= 11 is 16.2. The van der Waals surface area contributed by atoms with Gasteiger partial charge in [0.15, 0.2) is 4.84 Å². The normalized spacial score (nSPS) is 12.2. The highest BCUT2D eigenvalue weighted by Gasteiger charge is 2.17. The number of amides is 1. The molecule has 4 nitrogen and oxygen atoms in total. The van der Waals surface area contributed by atoms with E-state index in [0.717, 1.165) is 5.56 Å². The lowest BCUT2D eigenvalue weighted by molar-refractivity contribution is -0.248. The van der Waals surface area contributed by atoms with Crippen LogP contribution >= 0.6 is 34.8 Å². The van der Waals surface area contributed by atoms with Crippen LogP contribution in [0.5, 0.6) is 0 Å². The average Bonchev–Trinajstić information content (AvgIpc) is 2.34. The van der Waals surface area contributed by atoms with E-state index in [-0.39, 0.29) is 0 Å². The highest BCUT2D eigenvalue weighted by molar-refractivity contribution is 6.48. The third kappa shape index (κ3) is 5.98. The van der Waals surface area contributed by atoms with Crippen molar-refractivity contribution in [1.82, 2.24) is 5.32 Å². The van der Waals surface area contributed by atoms with E-state index in [0.29, 0.717) is 6.54 Å². The summed E-state index contributed by atoms with van der Waals surface area (Å²) in [4.78, 5) is 18.9. The van der Waals surface area contributed by atoms with Crippen molar-refractivity contribution in [3.8, 4) is 0 Å². The number of nitrogens with one attached hydrogen (secondary N) is 1. The van der Waals surface area contributed by atoms with Gasteiger partial charge in [-0.2, -0.15) is 4.89 Å². The summed E-state index contributed by atoms with van der Waals surface area (Å²) in [6.45, 7) is 0.321. The maximum absolute atomic E-state index is 11.1. The minimum atomic E-state index is -1.11. The standard InChI is InChI=1S/C10H10Cl3NO3/c11-8(12)9(13)16-17-10(15)14-6-7-4-2-1-3-5-7/h1-5,8-9H,6H2,(H,14,15). The molecule has 94 valence electrons. The van der Waals surface area contributed by atoms with Crippen molar-refractivity contribution in [2.75, 3.05) is 0 Å². The minimum absolute atomic E-state index is 0.321. The molecule has 0 heterocycles. The fourth-order valence-electron chi connectivity index (χ4n) is 0.931. The lowest BCUT2D eigenvalue weighted by atomic mass is 10.2. The molecule has 0 spiro atoms. The minimum Gasteiger partial charge on any atom is -0.315 e. The molecule has 1 aromatic rings. The van der Waals surface area contributed by atoms with Gasteiger partial charge in [0.25, 0.3) is 0 Å². The van der Waals surface area contributed by atoms with Gasteiger partial charge in [-0.3, -0.25) is 4.89 Å².